The van der Waals surface area contributed by atoms with Gasteiger partial charge in [-0.2, -0.15) is 10.5 Å². The van der Waals surface area contributed by atoms with Gasteiger partial charge in [0.25, 0.3) is 0 Å². The van der Waals surface area contributed by atoms with Crippen molar-refractivity contribution in [1.29, 1.82) is 10.5 Å². The molecule has 8 heteroatoms. The Morgan fingerprint density at radius 3 is 1.44 bits per heavy atom. The van der Waals surface area contributed by atoms with Gasteiger partial charge in [-0.25, -0.2) is 0 Å². The molecule has 0 aliphatic heterocycles. The first-order valence-corrected chi connectivity index (χ1v) is 5.85. The van der Waals surface area contributed by atoms with Crippen molar-refractivity contribution in [1.82, 2.24) is 0 Å². The first kappa shape index (κ1) is 14.3. The molecule has 1 aliphatic rings. The highest BCUT2D eigenvalue weighted by Crippen LogP contribution is 2.61. The zero-order valence-corrected chi connectivity index (χ0v) is 11.7. The number of nitrogens with zero attached hydrogens (tertiary/aromatic N) is 2. The van der Waals surface area contributed by atoms with Crippen LogP contribution in [-0.2, 0) is 0 Å². The number of allylic oxidation sites excluding steroid dienone is 4. The molecule has 0 N–H and O–H groups in total. The molecule has 0 spiro atoms. The van der Waals surface area contributed by atoms with Crippen molar-refractivity contribution in [2.45, 2.75) is 8.67 Å². The van der Waals surface area contributed by atoms with E-state index < -0.39 is 14.2 Å². The molecular formula is C8Cl6N2. The number of hydrogen-bond donors (Lipinski definition) is 0. The normalized spacial score (nSPS) is 21.6. The Kier molecular flexibility index (Phi) is 3.98. The third-order valence-electron chi connectivity index (χ3n) is 1.85. The SMILES string of the molecule is N#CC(C#N)=C1C(Cl)(Cl)C(Cl)=C(Cl)C1(Cl)Cl. The second-order valence-electron chi connectivity index (χ2n) is 2.75. The fourth-order valence-corrected chi connectivity index (χ4v) is 3.33. The van der Waals surface area contributed by atoms with Crippen LogP contribution in [0, 0.1) is 22.7 Å². The predicted octanol–water partition coefficient (Wildman–Crippen LogP) is 4.38. The van der Waals surface area contributed by atoms with Crippen molar-refractivity contribution in [2.24, 2.45) is 0 Å². The van der Waals surface area contributed by atoms with Gasteiger partial charge in [0, 0.05) is 5.57 Å². The molecule has 16 heavy (non-hydrogen) atoms. The fourth-order valence-electron chi connectivity index (χ4n) is 1.14. The summed E-state index contributed by atoms with van der Waals surface area (Å²) in [6.45, 7) is 0. The Morgan fingerprint density at radius 2 is 1.19 bits per heavy atom. The minimum atomic E-state index is -1.87. The number of nitriles is 2. The summed E-state index contributed by atoms with van der Waals surface area (Å²) >= 11 is 35.0. The zero-order chi connectivity index (χ0) is 12.7. The number of halogens is 6. The summed E-state index contributed by atoms with van der Waals surface area (Å²) < 4.78 is -3.74. The minimum absolute atomic E-state index is 0.222. The van der Waals surface area contributed by atoms with Gasteiger partial charge in [-0.05, 0) is 0 Å². The van der Waals surface area contributed by atoms with E-state index >= 15 is 0 Å². The molecule has 0 unspecified atom stereocenters. The van der Waals surface area contributed by atoms with E-state index in [0.717, 1.165) is 0 Å². The van der Waals surface area contributed by atoms with Crippen LogP contribution in [0.2, 0.25) is 0 Å². The van der Waals surface area contributed by atoms with E-state index in [1.165, 1.54) is 0 Å². The highest BCUT2D eigenvalue weighted by Gasteiger charge is 2.57. The van der Waals surface area contributed by atoms with Gasteiger partial charge >= 0.3 is 0 Å². The van der Waals surface area contributed by atoms with Crippen LogP contribution in [0.5, 0.6) is 0 Å². The molecule has 1 aliphatic carbocycles. The number of rotatable bonds is 0. The molecule has 1 rings (SSSR count). The molecule has 0 aromatic rings. The van der Waals surface area contributed by atoms with Gasteiger partial charge in [-0.3, -0.25) is 0 Å². The average Bonchev–Trinajstić information content (AvgIpc) is 2.32. The monoisotopic (exact) mass is 334 g/mol. The Morgan fingerprint density at radius 1 is 0.875 bits per heavy atom. The molecule has 0 aromatic heterocycles. The van der Waals surface area contributed by atoms with Gasteiger partial charge in [0.15, 0.2) is 8.67 Å². The van der Waals surface area contributed by atoms with Crippen LogP contribution in [-0.4, -0.2) is 8.67 Å². The molecule has 2 nitrogen and oxygen atoms in total. The summed E-state index contributed by atoms with van der Waals surface area (Å²) in [5.74, 6) is 0. The summed E-state index contributed by atoms with van der Waals surface area (Å²) in [6, 6.07) is 3.17. The molecular weight excluding hydrogens is 337 g/mol. The van der Waals surface area contributed by atoms with Gasteiger partial charge in [0.1, 0.15) is 17.7 Å². The molecule has 0 aromatic carbocycles. The van der Waals surface area contributed by atoms with E-state index in [1.54, 1.807) is 12.1 Å². The Balaban J connectivity index is 3.66. The molecule has 0 amide bonds. The van der Waals surface area contributed by atoms with Crippen molar-refractivity contribution in [3.8, 4) is 12.1 Å². The second kappa shape index (κ2) is 4.46. The van der Waals surface area contributed by atoms with E-state index in [4.69, 9.17) is 80.1 Å². The van der Waals surface area contributed by atoms with E-state index in [9.17, 15) is 0 Å². The highest BCUT2D eigenvalue weighted by atomic mass is 35.5. The largest absolute Gasteiger partial charge is 0.192 e. The van der Waals surface area contributed by atoms with E-state index in [2.05, 4.69) is 0 Å². The molecule has 0 saturated heterocycles. The van der Waals surface area contributed by atoms with Crippen molar-refractivity contribution in [3.63, 3.8) is 0 Å². The fraction of sp³-hybridized carbons (Fsp3) is 0.250. The third kappa shape index (κ3) is 1.89. The molecule has 0 saturated carbocycles. The Bertz CT molecular complexity index is 446. The molecule has 0 atom stereocenters. The first-order chi connectivity index (χ1) is 7.21. The molecule has 0 fully saturated rings. The average molecular weight is 337 g/mol. The van der Waals surface area contributed by atoms with E-state index in [-0.39, 0.29) is 15.6 Å². The number of alkyl halides is 4. The van der Waals surface area contributed by atoms with Crippen molar-refractivity contribution < 1.29 is 0 Å². The predicted molar refractivity (Wildman–Crippen MR) is 65.9 cm³/mol. The van der Waals surface area contributed by atoms with Crippen LogP contribution >= 0.6 is 69.6 Å². The van der Waals surface area contributed by atoms with Gasteiger partial charge in [0.2, 0.25) is 0 Å². The molecule has 0 bridgehead atoms. The lowest BCUT2D eigenvalue weighted by Gasteiger charge is -2.21. The zero-order valence-electron chi connectivity index (χ0n) is 7.16. The molecule has 84 valence electrons. The maximum Gasteiger partial charge on any atom is 0.181 e. The van der Waals surface area contributed by atoms with E-state index in [0.29, 0.717) is 0 Å². The summed E-state index contributed by atoms with van der Waals surface area (Å²) in [4.78, 5) is 0. The number of hydrogen-bond acceptors (Lipinski definition) is 2. The lowest BCUT2D eigenvalue weighted by atomic mass is 10.1. The second-order valence-corrected chi connectivity index (χ2v) is 6.16. The minimum Gasteiger partial charge on any atom is -0.192 e. The third-order valence-corrected chi connectivity index (χ3v) is 4.79. The first-order valence-electron chi connectivity index (χ1n) is 3.58. The van der Waals surface area contributed by atoms with E-state index in [1.807, 2.05) is 0 Å². The highest BCUT2D eigenvalue weighted by molar-refractivity contribution is 6.68. The standard InChI is InChI=1S/C8Cl6N2/c9-5-6(10)8(13,14)4(7(5,11)12)3(1-15)2-16. The Labute approximate surface area is 122 Å². The lowest BCUT2D eigenvalue weighted by molar-refractivity contribution is 1.05. The summed E-state index contributed by atoms with van der Waals surface area (Å²) in [7, 11) is 0. The summed E-state index contributed by atoms with van der Waals surface area (Å²) in [6.07, 6.45) is 0. The quantitative estimate of drug-likeness (QED) is 0.487. The van der Waals surface area contributed by atoms with Crippen molar-refractivity contribution in [2.75, 3.05) is 0 Å². The van der Waals surface area contributed by atoms with Crippen LogP contribution in [0.15, 0.2) is 21.2 Å². The lowest BCUT2D eigenvalue weighted by Crippen LogP contribution is -2.23. The summed E-state index contributed by atoms with van der Waals surface area (Å²) in [5.41, 5.74) is -0.671. The maximum atomic E-state index is 8.75. The van der Waals surface area contributed by atoms with Gasteiger partial charge in [0.05, 0.1) is 10.1 Å². The van der Waals surface area contributed by atoms with Crippen LogP contribution in [0.4, 0.5) is 0 Å². The van der Waals surface area contributed by atoms with Crippen molar-refractivity contribution in [3.05, 3.63) is 21.2 Å². The van der Waals surface area contributed by atoms with Crippen LogP contribution in [0.25, 0.3) is 0 Å². The molecule has 0 radical (unpaired) electrons. The van der Waals surface area contributed by atoms with Crippen LogP contribution in [0.3, 0.4) is 0 Å². The van der Waals surface area contributed by atoms with Gasteiger partial charge < -0.3 is 0 Å². The Hall–Kier alpha value is 0.200. The smallest absolute Gasteiger partial charge is 0.181 e. The maximum absolute atomic E-state index is 8.75. The van der Waals surface area contributed by atoms with Gasteiger partial charge in [-0.1, -0.05) is 69.6 Å². The van der Waals surface area contributed by atoms with Crippen LogP contribution < -0.4 is 0 Å². The summed E-state index contributed by atoms with van der Waals surface area (Å²) in [5, 5.41) is 17.1. The topological polar surface area (TPSA) is 47.6 Å². The molecule has 0 heterocycles. The van der Waals surface area contributed by atoms with Crippen LogP contribution in [0.1, 0.15) is 0 Å². The van der Waals surface area contributed by atoms with Gasteiger partial charge in [-0.15, -0.1) is 0 Å². The van der Waals surface area contributed by atoms with Crippen molar-refractivity contribution >= 4 is 69.6 Å².